The number of aliphatic hydroxyl groups is 1. The lowest BCUT2D eigenvalue weighted by atomic mass is 9.91. The first-order valence-electron chi connectivity index (χ1n) is 6.63. The van der Waals surface area contributed by atoms with Gasteiger partial charge in [-0.15, -0.1) is 0 Å². The second-order valence-corrected chi connectivity index (χ2v) is 5.27. The van der Waals surface area contributed by atoms with Gasteiger partial charge in [0.2, 0.25) is 0 Å². The molecule has 1 aromatic rings. The number of carbonyl (C=O) groups excluding carboxylic acids is 2. The van der Waals surface area contributed by atoms with Gasteiger partial charge in [-0.1, -0.05) is 12.1 Å². The lowest BCUT2D eigenvalue weighted by Gasteiger charge is -2.37. The summed E-state index contributed by atoms with van der Waals surface area (Å²) in [5.74, 6) is -1.87. The molecule has 8 heteroatoms. The van der Waals surface area contributed by atoms with Gasteiger partial charge in [0.25, 0.3) is 11.8 Å². The molecule has 120 valence electrons. The van der Waals surface area contributed by atoms with Gasteiger partial charge in [-0.05, 0) is 25.0 Å². The molecule has 1 aromatic carbocycles. The molecule has 1 saturated heterocycles. The summed E-state index contributed by atoms with van der Waals surface area (Å²) >= 11 is 0. The van der Waals surface area contributed by atoms with Crippen molar-refractivity contribution in [3.05, 3.63) is 35.4 Å². The molecule has 5 nitrogen and oxygen atoms in total. The zero-order valence-electron chi connectivity index (χ0n) is 11.6. The Balaban J connectivity index is 2.31. The van der Waals surface area contributed by atoms with Crippen molar-refractivity contribution < 1.29 is 27.9 Å². The molecule has 1 aliphatic rings. The Kier molecular flexibility index (Phi) is 4.15. The monoisotopic (exact) mass is 316 g/mol. The zero-order chi connectivity index (χ0) is 16.5. The minimum Gasteiger partial charge on any atom is -0.378 e. The van der Waals surface area contributed by atoms with Crippen molar-refractivity contribution >= 4 is 11.8 Å². The van der Waals surface area contributed by atoms with E-state index in [1.165, 1.54) is 12.1 Å². The number of benzene rings is 1. The Labute approximate surface area is 124 Å². The van der Waals surface area contributed by atoms with Crippen molar-refractivity contribution in [1.82, 2.24) is 4.90 Å². The molecular weight excluding hydrogens is 301 g/mol. The molecule has 2 rings (SSSR count). The van der Waals surface area contributed by atoms with Gasteiger partial charge in [0.1, 0.15) is 0 Å². The number of carbonyl (C=O) groups is 2. The van der Waals surface area contributed by atoms with Crippen molar-refractivity contribution in [1.29, 1.82) is 0 Å². The van der Waals surface area contributed by atoms with Crippen LogP contribution >= 0.6 is 0 Å². The maximum absolute atomic E-state index is 13.0. The summed E-state index contributed by atoms with van der Waals surface area (Å²) < 4.78 is 38.9. The number of primary amides is 1. The number of β-amino-alcohol motifs (C(OH)–C–C–N with tert-alkyl or cyclic N) is 1. The van der Waals surface area contributed by atoms with E-state index in [0.717, 1.165) is 17.0 Å². The van der Waals surface area contributed by atoms with Gasteiger partial charge in [0.15, 0.2) is 5.60 Å². The Morgan fingerprint density at radius 3 is 2.50 bits per heavy atom. The first-order chi connectivity index (χ1) is 10.1. The molecule has 0 bridgehead atoms. The van der Waals surface area contributed by atoms with Gasteiger partial charge < -0.3 is 15.7 Å². The van der Waals surface area contributed by atoms with Gasteiger partial charge in [-0.2, -0.15) is 13.2 Å². The molecule has 22 heavy (non-hydrogen) atoms. The Morgan fingerprint density at radius 1 is 1.27 bits per heavy atom. The van der Waals surface area contributed by atoms with Crippen LogP contribution in [0.15, 0.2) is 24.3 Å². The molecule has 0 aliphatic carbocycles. The Morgan fingerprint density at radius 2 is 1.91 bits per heavy atom. The number of halogens is 3. The van der Waals surface area contributed by atoms with Gasteiger partial charge >= 0.3 is 6.18 Å². The number of hydrogen-bond acceptors (Lipinski definition) is 3. The predicted molar refractivity (Wildman–Crippen MR) is 70.7 cm³/mol. The molecule has 1 atom stereocenters. The first kappa shape index (κ1) is 16.3. The fraction of sp³-hybridized carbons (Fsp3) is 0.429. The van der Waals surface area contributed by atoms with Crippen LogP contribution in [0.25, 0.3) is 0 Å². The summed E-state index contributed by atoms with van der Waals surface area (Å²) in [5, 5.41) is 10.1. The Hall–Kier alpha value is -2.09. The van der Waals surface area contributed by atoms with Gasteiger partial charge in [0.05, 0.1) is 17.7 Å². The van der Waals surface area contributed by atoms with E-state index >= 15 is 0 Å². The minimum atomic E-state index is -4.66. The molecule has 2 amide bonds. The van der Waals surface area contributed by atoms with Crippen molar-refractivity contribution in [3.8, 4) is 0 Å². The van der Waals surface area contributed by atoms with E-state index in [-0.39, 0.29) is 19.4 Å². The van der Waals surface area contributed by atoms with E-state index in [1.54, 1.807) is 0 Å². The summed E-state index contributed by atoms with van der Waals surface area (Å²) in [5.41, 5.74) is 1.63. The van der Waals surface area contributed by atoms with E-state index in [0.29, 0.717) is 0 Å². The van der Waals surface area contributed by atoms with Crippen LogP contribution in [0, 0.1) is 0 Å². The number of hydrogen-bond donors (Lipinski definition) is 2. The highest BCUT2D eigenvalue weighted by Gasteiger charge is 2.42. The average Bonchev–Trinajstić information content (AvgIpc) is 2.45. The van der Waals surface area contributed by atoms with Crippen LogP contribution in [0.5, 0.6) is 0 Å². The maximum atomic E-state index is 13.0. The summed E-state index contributed by atoms with van der Waals surface area (Å²) in [4.78, 5) is 24.6. The number of piperidine rings is 1. The van der Waals surface area contributed by atoms with E-state index in [2.05, 4.69) is 0 Å². The number of nitrogens with two attached hydrogens (primary N) is 1. The van der Waals surface area contributed by atoms with E-state index in [1.807, 2.05) is 0 Å². The SMILES string of the molecule is NC(=O)[C@@]1(O)CCCN(C(=O)c2ccccc2C(F)(F)F)C1. The quantitative estimate of drug-likeness (QED) is 0.859. The fourth-order valence-electron chi connectivity index (χ4n) is 2.50. The molecule has 3 N–H and O–H groups in total. The van der Waals surface area contributed by atoms with Crippen LogP contribution in [0.3, 0.4) is 0 Å². The smallest absolute Gasteiger partial charge is 0.378 e. The highest BCUT2D eigenvalue weighted by Crippen LogP contribution is 2.33. The van der Waals surface area contributed by atoms with Crippen molar-refractivity contribution in [2.45, 2.75) is 24.6 Å². The third-order valence-electron chi connectivity index (χ3n) is 3.68. The molecule has 0 aromatic heterocycles. The lowest BCUT2D eigenvalue weighted by molar-refractivity contribution is -0.141. The van der Waals surface area contributed by atoms with Gasteiger partial charge in [0, 0.05) is 6.54 Å². The van der Waals surface area contributed by atoms with E-state index in [4.69, 9.17) is 5.73 Å². The second kappa shape index (κ2) is 5.60. The summed E-state index contributed by atoms with van der Waals surface area (Å²) in [6, 6.07) is 4.41. The largest absolute Gasteiger partial charge is 0.417 e. The average molecular weight is 316 g/mol. The maximum Gasteiger partial charge on any atom is 0.417 e. The molecule has 0 spiro atoms. The topological polar surface area (TPSA) is 83.6 Å². The second-order valence-electron chi connectivity index (χ2n) is 5.27. The highest BCUT2D eigenvalue weighted by atomic mass is 19.4. The first-order valence-corrected chi connectivity index (χ1v) is 6.63. The summed E-state index contributed by atoms with van der Waals surface area (Å²) in [6.45, 7) is -0.256. The molecular formula is C14H15F3N2O3. The molecule has 0 unspecified atom stereocenters. The molecule has 1 fully saturated rings. The number of rotatable bonds is 2. The number of alkyl halides is 3. The highest BCUT2D eigenvalue weighted by molar-refractivity contribution is 5.96. The van der Waals surface area contributed by atoms with Crippen molar-refractivity contribution in [2.24, 2.45) is 5.73 Å². The van der Waals surface area contributed by atoms with E-state index in [9.17, 15) is 27.9 Å². The number of amides is 2. The van der Waals surface area contributed by atoms with Crippen LogP contribution in [0.4, 0.5) is 13.2 Å². The van der Waals surface area contributed by atoms with Crippen LogP contribution in [0.2, 0.25) is 0 Å². The molecule has 0 radical (unpaired) electrons. The zero-order valence-corrected chi connectivity index (χ0v) is 11.6. The summed E-state index contributed by atoms with van der Waals surface area (Å²) in [7, 11) is 0. The predicted octanol–water partition coefficient (Wildman–Crippen LogP) is 1.16. The number of likely N-dealkylation sites (tertiary alicyclic amines) is 1. The van der Waals surface area contributed by atoms with Crippen LogP contribution in [0.1, 0.15) is 28.8 Å². The van der Waals surface area contributed by atoms with Crippen molar-refractivity contribution in [2.75, 3.05) is 13.1 Å². The van der Waals surface area contributed by atoms with Crippen LogP contribution in [-0.4, -0.2) is 40.5 Å². The Bertz CT molecular complexity index is 603. The third kappa shape index (κ3) is 3.06. The summed E-state index contributed by atoms with van der Waals surface area (Å²) in [6.07, 6.45) is -4.31. The van der Waals surface area contributed by atoms with Crippen molar-refractivity contribution in [3.63, 3.8) is 0 Å². The van der Waals surface area contributed by atoms with Gasteiger partial charge in [-0.3, -0.25) is 9.59 Å². The lowest BCUT2D eigenvalue weighted by Crippen LogP contribution is -2.57. The molecule has 1 aliphatic heterocycles. The van der Waals surface area contributed by atoms with Crippen LogP contribution < -0.4 is 5.73 Å². The van der Waals surface area contributed by atoms with Gasteiger partial charge in [-0.25, -0.2) is 0 Å². The minimum absolute atomic E-state index is 0.0764. The van der Waals surface area contributed by atoms with E-state index < -0.39 is 41.3 Å². The van der Waals surface area contributed by atoms with Crippen LogP contribution in [-0.2, 0) is 11.0 Å². The number of nitrogens with zero attached hydrogens (tertiary/aromatic N) is 1. The third-order valence-corrected chi connectivity index (χ3v) is 3.68. The normalized spacial score (nSPS) is 22.5. The molecule has 0 saturated carbocycles. The standard InChI is InChI=1S/C14H15F3N2O3/c15-14(16,17)10-5-2-1-4-9(10)11(20)19-7-3-6-13(22,8-19)12(18)21/h1-2,4-5,22H,3,6-8H2,(H2,18,21)/t13-/m1/s1. The molecule has 1 heterocycles. The fourth-order valence-corrected chi connectivity index (χ4v) is 2.50.